The predicted molar refractivity (Wildman–Crippen MR) is 95.6 cm³/mol. The van der Waals surface area contributed by atoms with Crippen molar-refractivity contribution in [3.63, 3.8) is 0 Å². The molecule has 1 unspecified atom stereocenters. The number of fused-ring (bicyclic) bond motifs is 1. The number of anilines is 1. The fourth-order valence-electron chi connectivity index (χ4n) is 3.10. The van der Waals surface area contributed by atoms with Gasteiger partial charge in [0.2, 0.25) is 12.7 Å². The van der Waals surface area contributed by atoms with Crippen LogP contribution >= 0.6 is 0 Å². The SMILES string of the molecule is O=C(CC1CCCO1)Nc1cccc(COc2ccc3c(c2)OCO3)c1. The van der Waals surface area contributed by atoms with Gasteiger partial charge < -0.3 is 24.3 Å². The highest BCUT2D eigenvalue weighted by atomic mass is 16.7. The summed E-state index contributed by atoms with van der Waals surface area (Å²) in [5.74, 6) is 2.11. The van der Waals surface area contributed by atoms with Gasteiger partial charge in [-0.05, 0) is 42.7 Å². The second-order valence-electron chi connectivity index (χ2n) is 6.39. The van der Waals surface area contributed by atoms with Crippen LogP contribution in [-0.4, -0.2) is 25.4 Å². The maximum atomic E-state index is 12.1. The first kappa shape index (κ1) is 16.7. The van der Waals surface area contributed by atoms with Gasteiger partial charge in [0.25, 0.3) is 0 Å². The van der Waals surface area contributed by atoms with Gasteiger partial charge in [-0.25, -0.2) is 0 Å². The molecule has 1 amide bonds. The molecule has 2 aromatic carbocycles. The van der Waals surface area contributed by atoms with E-state index in [0.717, 1.165) is 36.4 Å². The number of benzene rings is 2. The molecule has 1 N–H and O–H groups in total. The summed E-state index contributed by atoms with van der Waals surface area (Å²) in [6, 6.07) is 13.1. The highest BCUT2D eigenvalue weighted by Gasteiger charge is 2.19. The van der Waals surface area contributed by atoms with Gasteiger partial charge in [0.1, 0.15) is 12.4 Å². The standard InChI is InChI=1S/C20H21NO5/c22-20(11-16-5-2-8-23-16)21-15-4-1-3-14(9-15)12-24-17-6-7-18-19(10-17)26-13-25-18/h1,3-4,6-7,9-10,16H,2,5,8,11-13H2,(H,21,22). The van der Waals surface area contributed by atoms with Gasteiger partial charge in [-0.1, -0.05) is 12.1 Å². The van der Waals surface area contributed by atoms with E-state index in [9.17, 15) is 4.79 Å². The van der Waals surface area contributed by atoms with E-state index in [1.807, 2.05) is 42.5 Å². The minimum absolute atomic E-state index is 0.0225. The van der Waals surface area contributed by atoms with E-state index >= 15 is 0 Å². The molecule has 2 aliphatic rings. The molecule has 2 heterocycles. The molecular formula is C20H21NO5. The highest BCUT2D eigenvalue weighted by molar-refractivity contribution is 5.91. The van der Waals surface area contributed by atoms with E-state index < -0.39 is 0 Å². The average Bonchev–Trinajstić information content (AvgIpc) is 3.31. The molecule has 26 heavy (non-hydrogen) atoms. The molecule has 1 atom stereocenters. The number of carbonyl (C=O) groups excluding carboxylic acids is 1. The van der Waals surface area contributed by atoms with Crippen molar-refractivity contribution in [2.45, 2.75) is 32.0 Å². The highest BCUT2D eigenvalue weighted by Crippen LogP contribution is 2.35. The minimum atomic E-state index is -0.0225. The first-order valence-electron chi connectivity index (χ1n) is 8.79. The Labute approximate surface area is 152 Å². The van der Waals surface area contributed by atoms with Crippen molar-refractivity contribution < 1.29 is 23.7 Å². The van der Waals surface area contributed by atoms with Crippen molar-refractivity contribution in [1.29, 1.82) is 0 Å². The molecule has 0 aromatic heterocycles. The summed E-state index contributed by atoms with van der Waals surface area (Å²) in [6.07, 6.45) is 2.44. The van der Waals surface area contributed by atoms with E-state index in [4.69, 9.17) is 18.9 Å². The van der Waals surface area contributed by atoms with Gasteiger partial charge >= 0.3 is 0 Å². The number of nitrogens with one attached hydrogen (secondary N) is 1. The summed E-state index contributed by atoms with van der Waals surface area (Å²) in [5.41, 5.74) is 1.73. The normalized spacial score (nSPS) is 17.9. The number of hydrogen-bond donors (Lipinski definition) is 1. The Kier molecular flexibility index (Phi) is 4.93. The fraction of sp³-hybridized carbons (Fsp3) is 0.350. The van der Waals surface area contributed by atoms with Gasteiger partial charge in [-0.15, -0.1) is 0 Å². The van der Waals surface area contributed by atoms with Crippen molar-refractivity contribution in [1.82, 2.24) is 0 Å². The fourth-order valence-corrected chi connectivity index (χ4v) is 3.10. The third-order valence-corrected chi connectivity index (χ3v) is 4.40. The Balaban J connectivity index is 1.32. The Morgan fingerprint density at radius 1 is 1.15 bits per heavy atom. The molecule has 1 saturated heterocycles. The van der Waals surface area contributed by atoms with Gasteiger partial charge in [-0.3, -0.25) is 4.79 Å². The van der Waals surface area contributed by atoms with Crippen LogP contribution in [0.2, 0.25) is 0 Å². The Bertz CT molecular complexity index is 786. The molecule has 0 bridgehead atoms. The second kappa shape index (κ2) is 7.66. The zero-order valence-electron chi connectivity index (χ0n) is 14.4. The van der Waals surface area contributed by atoms with Crippen LogP contribution in [0.3, 0.4) is 0 Å². The Morgan fingerprint density at radius 2 is 2.08 bits per heavy atom. The third-order valence-electron chi connectivity index (χ3n) is 4.40. The molecular weight excluding hydrogens is 334 g/mol. The van der Waals surface area contributed by atoms with Crippen LogP contribution in [0.4, 0.5) is 5.69 Å². The van der Waals surface area contributed by atoms with Crippen LogP contribution < -0.4 is 19.5 Å². The van der Waals surface area contributed by atoms with Crippen molar-refractivity contribution in [3.8, 4) is 17.2 Å². The van der Waals surface area contributed by atoms with Crippen LogP contribution in [0.1, 0.15) is 24.8 Å². The third kappa shape index (κ3) is 4.08. The van der Waals surface area contributed by atoms with E-state index in [1.165, 1.54) is 0 Å². The van der Waals surface area contributed by atoms with Crippen molar-refractivity contribution in [2.24, 2.45) is 0 Å². The van der Waals surface area contributed by atoms with E-state index in [-0.39, 0.29) is 18.8 Å². The van der Waals surface area contributed by atoms with Crippen LogP contribution in [0, 0.1) is 0 Å². The van der Waals surface area contributed by atoms with Crippen LogP contribution in [-0.2, 0) is 16.1 Å². The molecule has 6 heteroatoms. The van der Waals surface area contributed by atoms with Gasteiger partial charge in [0.05, 0.1) is 12.5 Å². The molecule has 0 aliphatic carbocycles. The molecule has 0 spiro atoms. The summed E-state index contributed by atoms with van der Waals surface area (Å²) in [6.45, 7) is 1.39. The van der Waals surface area contributed by atoms with Crippen molar-refractivity contribution >= 4 is 11.6 Å². The number of ether oxygens (including phenoxy) is 4. The molecule has 4 rings (SSSR count). The maximum absolute atomic E-state index is 12.1. The lowest BCUT2D eigenvalue weighted by Gasteiger charge is -2.11. The summed E-state index contributed by atoms with van der Waals surface area (Å²) >= 11 is 0. The topological polar surface area (TPSA) is 66.0 Å². The minimum Gasteiger partial charge on any atom is -0.489 e. The molecule has 6 nitrogen and oxygen atoms in total. The summed E-state index contributed by atoms with van der Waals surface area (Å²) < 4.78 is 22.0. The second-order valence-corrected chi connectivity index (χ2v) is 6.39. The number of amides is 1. The summed E-state index contributed by atoms with van der Waals surface area (Å²) in [4.78, 5) is 12.1. The molecule has 2 aromatic rings. The monoisotopic (exact) mass is 355 g/mol. The lowest BCUT2D eigenvalue weighted by molar-refractivity contribution is -0.118. The van der Waals surface area contributed by atoms with Gasteiger partial charge in [-0.2, -0.15) is 0 Å². The maximum Gasteiger partial charge on any atom is 0.231 e. The molecule has 136 valence electrons. The average molecular weight is 355 g/mol. The molecule has 0 radical (unpaired) electrons. The molecule has 1 fully saturated rings. The lowest BCUT2D eigenvalue weighted by atomic mass is 10.1. The van der Waals surface area contributed by atoms with Gasteiger partial charge in [0, 0.05) is 18.4 Å². The largest absolute Gasteiger partial charge is 0.489 e. The van der Waals surface area contributed by atoms with Crippen molar-refractivity contribution in [3.05, 3.63) is 48.0 Å². The first-order valence-corrected chi connectivity index (χ1v) is 8.79. The molecule has 0 saturated carbocycles. The molecule has 2 aliphatic heterocycles. The number of carbonyl (C=O) groups is 1. The lowest BCUT2D eigenvalue weighted by Crippen LogP contribution is -2.19. The number of rotatable bonds is 6. The predicted octanol–water partition coefficient (Wildman–Crippen LogP) is 3.50. The van der Waals surface area contributed by atoms with Crippen LogP contribution in [0.25, 0.3) is 0 Å². The van der Waals surface area contributed by atoms with E-state index in [0.29, 0.717) is 24.5 Å². The Hall–Kier alpha value is -2.73. The van der Waals surface area contributed by atoms with Crippen LogP contribution in [0.5, 0.6) is 17.2 Å². The zero-order valence-corrected chi connectivity index (χ0v) is 14.4. The quantitative estimate of drug-likeness (QED) is 0.859. The van der Waals surface area contributed by atoms with Crippen LogP contribution in [0.15, 0.2) is 42.5 Å². The van der Waals surface area contributed by atoms with Crippen molar-refractivity contribution in [2.75, 3.05) is 18.7 Å². The van der Waals surface area contributed by atoms with E-state index in [1.54, 1.807) is 0 Å². The number of hydrogen-bond acceptors (Lipinski definition) is 5. The van der Waals surface area contributed by atoms with Gasteiger partial charge in [0.15, 0.2) is 11.5 Å². The smallest absolute Gasteiger partial charge is 0.231 e. The Morgan fingerprint density at radius 3 is 2.96 bits per heavy atom. The first-order chi connectivity index (χ1) is 12.8. The van der Waals surface area contributed by atoms with E-state index in [2.05, 4.69) is 5.32 Å². The zero-order chi connectivity index (χ0) is 17.8. The summed E-state index contributed by atoms with van der Waals surface area (Å²) in [7, 11) is 0. The summed E-state index contributed by atoms with van der Waals surface area (Å²) in [5, 5.41) is 2.93.